The fraction of sp³-hybridized carbons (Fsp3) is 0.385. The number of carbonyl (C=O) groups is 1. The molecule has 0 atom stereocenters. The van der Waals surface area contributed by atoms with Crippen molar-refractivity contribution in [3.8, 4) is 0 Å². The van der Waals surface area contributed by atoms with Gasteiger partial charge in [0.05, 0.1) is 0 Å². The number of hydrogen-bond acceptors (Lipinski definition) is 3. The van der Waals surface area contributed by atoms with E-state index in [1.807, 2.05) is 0 Å². The van der Waals surface area contributed by atoms with E-state index < -0.39 is 0 Å². The van der Waals surface area contributed by atoms with Crippen LogP contribution in [0.25, 0.3) is 0 Å². The highest BCUT2D eigenvalue weighted by molar-refractivity contribution is 5.99. The summed E-state index contributed by atoms with van der Waals surface area (Å²) in [6.45, 7) is 4.88. The zero-order chi connectivity index (χ0) is 13.5. The highest BCUT2D eigenvalue weighted by Crippen LogP contribution is 2.05. The first-order valence-electron chi connectivity index (χ1n) is 5.90. The molecule has 0 aliphatic heterocycles. The Hall–Kier alpha value is -2.04. The molecule has 1 aromatic carbocycles. The van der Waals surface area contributed by atoms with Crippen LogP contribution in [-0.4, -0.2) is 23.5 Å². The van der Waals surface area contributed by atoms with Gasteiger partial charge in [-0.05, 0) is 24.5 Å². The van der Waals surface area contributed by atoms with Crippen LogP contribution in [0.1, 0.15) is 36.2 Å². The van der Waals surface area contributed by atoms with Crippen LogP contribution in [0.3, 0.4) is 0 Å². The summed E-state index contributed by atoms with van der Waals surface area (Å²) in [5.74, 6) is 0.483. The number of hydrogen-bond donors (Lipinski definition) is 3. The second-order valence-corrected chi connectivity index (χ2v) is 4.50. The van der Waals surface area contributed by atoms with Gasteiger partial charge >= 0.3 is 0 Å². The van der Waals surface area contributed by atoms with Gasteiger partial charge in [-0.2, -0.15) is 0 Å². The predicted octanol–water partition coefficient (Wildman–Crippen LogP) is 1.56. The summed E-state index contributed by atoms with van der Waals surface area (Å²) in [7, 11) is 0. The zero-order valence-corrected chi connectivity index (χ0v) is 10.7. The molecular weight excluding hydrogens is 230 g/mol. The lowest BCUT2D eigenvalue weighted by atomic mass is 10.1. The summed E-state index contributed by atoms with van der Waals surface area (Å²) in [4.78, 5) is 11.8. The Morgan fingerprint density at radius 3 is 2.39 bits per heavy atom. The number of amides is 1. The third kappa shape index (κ3) is 4.08. The third-order valence-corrected chi connectivity index (χ3v) is 2.56. The van der Waals surface area contributed by atoms with Gasteiger partial charge in [-0.25, -0.2) is 0 Å². The average molecular weight is 249 g/mol. The Morgan fingerprint density at radius 1 is 1.33 bits per heavy atom. The molecule has 0 unspecified atom stereocenters. The maximum Gasteiger partial charge on any atom is 0.251 e. The van der Waals surface area contributed by atoms with Gasteiger partial charge < -0.3 is 16.3 Å². The van der Waals surface area contributed by atoms with Crippen molar-refractivity contribution in [3.05, 3.63) is 35.4 Å². The van der Waals surface area contributed by atoms with Gasteiger partial charge in [0.1, 0.15) is 0 Å². The van der Waals surface area contributed by atoms with Gasteiger partial charge in [-0.1, -0.05) is 31.1 Å². The summed E-state index contributed by atoms with van der Waals surface area (Å²) in [6, 6.07) is 6.59. The highest BCUT2D eigenvalue weighted by atomic mass is 16.4. The van der Waals surface area contributed by atoms with Crippen LogP contribution in [-0.2, 0) is 0 Å². The van der Waals surface area contributed by atoms with Gasteiger partial charge in [0.2, 0.25) is 0 Å². The van der Waals surface area contributed by atoms with E-state index in [9.17, 15) is 4.79 Å². The molecule has 5 nitrogen and oxygen atoms in total. The first-order chi connectivity index (χ1) is 8.54. The molecule has 0 bridgehead atoms. The molecule has 18 heavy (non-hydrogen) atoms. The minimum atomic E-state index is -0.110. The van der Waals surface area contributed by atoms with Crippen LogP contribution in [0, 0.1) is 5.92 Å². The number of nitrogens with one attached hydrogen (secondary N) is 1. The smallest absolute Gasteiger partial charge is 0.251 e. The largest absolute Gasteiger partial charge is 0.409 e. The van der Waals surface area contributed by atoms with Crippen LogP contribution >= 0.6 is 0 Å². The molecule has 0 saturated heterocycles. The van der Waals surface area contributed by atoms with Crippen molar-refractivity contribution >= 4 is 11.7 Å². The summed E-state index contributed by atoms with van der Waals surface area (Å²) in [5.41, 5.74) is 6.58. The summed E-state index contributed by atoms with van der Waals surface area (Å²) in [5, 5.41) is 14.3. The van der Waals surface area contributed by atoms with Crippen LogP contribution in [0.2, 0.25) is 0 Å². The van der Waals surface area contributed by atoms with Crippen LogP contribution in [0.15, 0.2) is 29.4 Å². The maximum absolute atomic E-state index is 11.8. The number of benzene rings is 1. The van der Waals surface area contributed by atoms with Gasteiger partial charge in [0.25, 0.3) is 5.91 Å². The van der Waals surface area contributed by atoms with Crippen LogP contribution in [0.4, 0.5) is 0 Å². The molecule has 0 heterocycles. The first-order valence-corrected chi connectivity index (χ1v) is 5.90. The van der Waals surface area contributed by atoms with Crippen molar-refractivity contribution in [3.63, 3.8) is 0 Å². The predicted molar refractivity (Wildman–Crippen MR) is 70.7 cm³/mol. The lowest BCUT2D eigenvalue weighted by molar-refractivity contribution is 0.0952. The van der Waals surface area contributed by atoms with Gasteiger partial charge in [0.15, 0.2) is 5.84 Å². The summed E-state index contributed by atoms with van der Waals surface area (Å²) >= 11 is 0. The van der Waals surface area contributed by atoms with Crippen LogP contribution < -0.4 is 11.1 Å². The quantitative estimate of drug-likeness (QED) is 0.320. The lowest BCUT2D eigenvalue weighted by Gasteiger charge is -2.07. The van der Waals surface area contributed by atoms with E-state index in [0.29, 0.717) is 23.6 Å². The lowest BCUT2D eigenvalue weighted by Crippen LogP contribution is -2.25. The monoisotopic (exact) mass is 249 g/mol. The van der Waals surface area contributed by atoms with E-state index in [2.05, 4.69) is 24.3 Å². The van der Waals surface area contributed by atoms with E-state index in [1.54, 1.807) is 24.3 Å². The molecule has 0 aliphatic rings. The Labute approximate surface area is 107 Å². The molecular formula is C13H19N3O2. The average Bonchev–Trinajstić information content (AvgIpc) is 2.37. The SMILES string of the molecule is CC(C)CCNC(=O)c1ccc(/C(N)=N/O)cc1. The molecule has 1 rings (SSSR count). The zero-order valence-electron chi connectivity index (χ0n) is 10.7. The number of rotatable bonds is 5. The molecule has 0 aromatic heterocycles. The van der Waals surface area contributed by atoms with Crippen molar-refractivity contribution in [2.24, 2.45) is 16.8 Å². The minimum Gasteiger partial charge on any atom is -0.409 e. The molecule has 5 heteroatoms. The molecule has 1 amide bonds. The highest BCUT2D eigenvalue weighted by Gasteiger charge is 2.06. The van der Waals surface area contributed by atoms with E-state index >= 15 is 0 Å². The standard InChI is InChI=1S/C13H19N3O2/c1-9(2)7-8-15-13(17)11-5-3-10(4-6-11)12(14)16-18/h3-6,9,18H,7-8H2,1-2H3,(H2,14,16)(H,15,17). The second-order valence-electron chi connectivity index (χ2n) is 4.50. The number of nitrogens with zero attached hydrogens (tertiary/aromatic N) is 1. The first kappa shape index (κ1) is 14.0. The second kappa shape index (κ2) is 6.64. The molecule has 0 fully saturated rings. The molecule has 0 radical (unpaired) electrons. The van der Waals surface area contributed by atoms with E-state index in [0.717, 1.165) is 6.42 Å². The Kier molecular flexibility index (Phi) is 5.17. The molecule has 4 N–H and O–H groups in total. The van der Waals surface area contributed by atoms with Gasteiger partial charge in [0, 0.05) is 17.7 Å². The fourth-order valence-electron chi connectivity index (χ4n) is 1.43. The molecule has 0 aliphatic carbocycles. The van der Waals surface area contributed by atoms with Crippen LogP contribution in [0.5, 0.6) is 0 Å². The number of nitrogens with two attached hydrogens (primary N) is 1. The summed E-state index contributed by atoms with van der Waals surface area (Å²) in [6.07, 6.45) is 0.952. The van der Waals surface area contributed by atoms with Gasteiger partial charge in [-0.3, -0.25) is 4.79 Å². The van der Waals surface area contributed by atoms with Gasteiger partial charge in [-0.15, -0.1) is 0 Å². The number of carbonyl (C=O) groups excluding carboxylic acids is 1. The molecule has 0 spiro atoms. The Morgan fingerprint density at radius 2 is 1.89 bits per heavy atom. The topological polar surface area (TPSA) is 87.7 Å². The molecule has 0 saturated carbocycles. The van der Waals surface area contributed by atoms with Crippen molar-refractivity contribution in [2.45, 2.75) is 20.3 Å². The normalized spacial score (nSPS) is 11.6. The fourth-order valence-corrected chi connectivity index (χ4v) is 1.43. The Bertz CT molecular complexity index is 424. The minimum absolute atomic E-state index is 0.0294. The van der Waals surface area contributed by atoms with Crippen molar-refractivity contribution in [2.75, 3.05) is 6.54 Å². The number of oxime groups is 1. The maximum atomic E-state index is 11.8. The van der Waals surface area contributed by atoms with Crippen molar-refractivity contribution < 1.29 is 10.0 Å². The van der Waals surface area contributed by atoms with E-state index in [4.69, 9.17) is 10.9 Å². The summed E-state index contributed by atoms with van der Waals surface area (Å²) < 4.78 is 0. The van der Waals surface area contributed by atoms with Crippen molar-refractivity contribution in [1.82, 2.24) is 5.32 Å². The Balaban J connectivity index is 2.59. The molecule has 1 aromatic rings. The molecule has 98 valence electrons. The van der Waals surface area contributed by atoms with E-state index in [-0.39, 0.29) is 11.7 Å². The van der Waals surface area contributed by atoms with E-state index in [1.165, 1.54) is 0 Å². The van der Waals surface area contributed by atoms with Crippen molar-refractivity contribution in [1.29, 1.82) is 0 Å². The third-order valence-electron chi connectivity index (χ3n) is 2.56. The number of amidine groups is 1.